The number of fused-ring (bicyclic) bond motifs is 1. The fourth-order valence-electron chi connectivity index (χ4n) is 2.91. The monoisotopic (exact) mass is 393 g/mol. The summed E-state index contributed by atoms with van der Waals surface area (Å²) in [6.07, 6.45) is 2.23. The van der Waals surface area contributed by atoms with Crippen molar-refractivity contribution < 1.29 is 13.2 Å². The lowest BCUT2D eigenvalue weighted by atomic mass is 10.1. The second kappa shape index (κ2) is 8.22. The van der Waals surface area contributed by atoms with Crippen LogP contribution in [-0.4, -0.2) is 42.3 Å². The number of pyridine rings is 1. The molecule has 148 valence electrons. The molecule has 8 heteroatoms. The van der Waals surface area contributed by atoms with E-state index in [1.807, 2.05) is 13.8 Å². The summed E-state index contributed by atoms with van der Waals surface area (Å²) in [5.41, 5.74) is 0.0989. The van der Waals surface area contributed by atoms with Crippen LogP contribution in [0, 0.1) is 0 Å². The molecule has 0 aliphatic rings. The molecule has 0 bridgehead atoms. The summed E-state index contributed by atoms with van der Waals surface area (Å²) in [6.45, 7) is 8.00. The smallest absolute Gasteiger partial charge is 0.256 e. The molecule has 1 heterocycles. The number of hydrogen-bond donors (Lipinski definition) is 1. The maximum Gasteiger partial charge on any atom is 0.256 e. The first-order valence-electron chi connectivity index (χ1n) is 9.11. The van der Waals surface area contributed by atoms with Gasteiger partial charge in [0.2, 0.25) is 15.5 Å². The number of aromatic nitrogens is 1. The van der Waals surface area contributed by atoms with Gasteiger partial charge < -0.3 is 9.88 Å². The Bertz CT molecular complexity index is 1010. The van der Waals surface area contributed by atoms with Crippen LogP contribution in [0.5, 0.6) is 0 Å². The summed E-state index contributed by atoms with van der Waals surface area (Å²) in [7, 11) is -1.97. The number of amides is 1. The van der Waals surface area contributed by atoms with Crippen LogP contribution in [0.15, 0.2) is 34.1 Å². The highest BCUT2D eigenvalue weighted by atomic mass is 32.2. The Kier molecular flexibility index (Phi) is 6.43. The summed E-state index contributed by atoms with van der Waals surface area (Å²) in [5, 5.41) is 2.99. The highest BCUT2D eigenvalue weighted by Crippen LogP contribution is 2.20. The molecule has 1 N–H and O–H groups in total. The van der Waals surface area contributed by atoms with Gasteiger partial charge in [-0.15, -0.1) is 0 Å². The number of aryl methyl sites for hydroxylation is 1. The molecule has 0 saturated heterocycles. The first-order valence-corrected chi connectivity index (χ1v) is 10.6. The topological polar surface area (TPSA) is 88.5 Å². The number of benzene rings is 1. The Balaban J connectivity index is 2.65. The van der Waals surface area contributed by atoms with E-state index < -0.39 is 21.4 Å². The average molecular weight is 394 g/mol. The molecular weight excluding hydrogens is 366 g/mol. The quantitative estimate of drug-likeness (QED) is 0.780. The van der Waals surface area contributed by atoms with Crippen molar-refractivity contribution in [1.29, 1.82) is 0 Å². The summed E-state index contributed by atoms with van der Waals surface area (Å²) < 4.78 is 28.5. The molecule has 0 spiro atoms. The van der Waals surface area contributed by atoms with Gasteiger partial charge in [-0.05, 0) is 31.5 Å². The largest absolute Gasteiger partial charge is 0.350 e. The molecule has 0 fully saturated rings. The fourth-order valence-corrected chi connectivity index (χ4v) is 4.39. The van der Waals surface area contributed by atoms with Crippen LogP contribution in [0.3, 0.4) is 0 Å². The number of rotatable bonds is 7. The summed E-state index contributed by atoms with van der Waals surface area (Å²) >= 11 is 0. The van der Waals surface area contributed by atoms with Crippen molar-refractivity contribution in [3.8, 4) is 0 Å². The fraction of sp³-hybridized carbons (Fsp3) is 0.474. The van der Waals surface area contributed by atoms with E-state index in [2.05, 4.69) is 5.32 Å². The van der Waals surface area contributed by atoms with E-state index in [1.165, 1.54) is 22.6 Å². The first-order chi connectivity index (χ1) is 12.7. The van der Waals surface area contributed by atoms with E-state index in [1.54, 1.807) is 31.5 Å². The molecule has 0 aliphatic carbocycles. The van der Waals surface area contributed by atoms with E-state index >= 15 is 0 Å². The molecule has 2 rings (SSSR count). The van der Waals surface area contributed by atoms with Crippen LogP contribution in [0.1, 0.15) is 44.5 Å². The van der Waals surface area contributed by atoms with Crippen LogP contribution >= 0.6 is 0 Å². The second-order valence-electron chi connectivity index (χ2n) is 6.53. The van der Waals surface area contributed by atoms with Crippen LogP contribution in [-0.2, 0) is 17.1 Å². The third-order valence-corrected chi connectivity index (χ3v) is 6.78. The Hall–Kier alpha value is -2.19. The summed E-state index contributed by atoms with van der Waals surface area (Å²) in [4.78, 5) is 25.4. The third kappa shape index (κ3) is 4.06. The zero-order valence-corrected chi connectivity index (χ0v) is 17.3. The van der Waals surface area contributed by atoms with E-state index in [4.69, 9.17) is 0 Å². The Morgan fingerprint density at radius 1 is 1.22 bits per heavy atom. The van der Waals surface area contributed by atoms with E-state index in [9.17, 15) is 18.0 Å². The summed E-state index contributed by atoms with van der Waals surface area (Å²) in [5.74, 6) is -0.455. The number of sulfonamides is 1. The predicted molar refractivity (Wildman–Crippen MR) is 107 cm³/mol. The van der Waals surface area contributed by atoms with Gasteiger partial charge >= 0.3 is 0 Å². The van der Waals surface area contributed by atoms with Gasteiger partial charge in [-0.2, -0.15) is 4.31 Å². The molecule has 0 radical (unpaired) electrons. The maximum absolute atomic E-state index is 12.9. The van der Waals surface area contributed by atoms with Gasteiger partial charge in [0.05, 0.1) is 10.4 Å². The van der Waals surface area contributed by atoms with Gasteiger partial charge in [0, 0.05) is 37.8 Å². The van der Waals surface area contributed by atoms with Crippen LogP contribution in [0.25, 0.3) is 10.9 Å². The van der Waals surface area contributed by atoms with E-state index in [0.717, 1.165) is 6.42 Å². The molecule has 1 aromatic carbocycles. The molecule has 0 saturated carbocycles. The van der Waals surface area contributed by atoms with Crippen LogP contribution in [0.2, 0.25) is 0 Å². The van der Waals surface area contributed by atoms with Crippen LogP contribution in [0.4, 0.5) is 0 Å². The van der Waals surface area contributed by atoms with Crippen molar-refractivity contribution in [2.75, 3.05) is 13.1 Å². The van der Waals surface area contributed by atoms with E-state index in [-0.39, 0.29) is 21.9 Å². The lowest BCUT2D eigenvalue weighted by Gasteiger charge is -2.19. The first kappa shape index (κ1) is 21.1. The van der Waals surface area contributed by atoms with Gasteiger partial charge in [-0.1, -0.05) is 20.8 Å². The minimum absolute atomic E-state index is 0.00249. The molecule has 1 aromatic heterocycles. The predicted octanol–water partition coefficient (Wildman–Crippen LogP) is 2.10. The normalized spacial score (nSPS) is 13.1. The Labute approximate surface area is 160 Å². The van der Waals surface area contributed by atoms with Crippen molar-refractivity contribution >= 4 is 26.8 Å². The Morgan fingerprint density at radius 2 is 1.85 bits per heavy atom. The molecular formula is C19H27N3O4S. The third-order valence-electron chi connectivity index (χ3n) is 4.74. The van der Waals surface area contributed by atoms with Crippen molar-refractivity contribution in [2.24, 2.45) is 7.05 Å². The van der Waals surface area contributed by atoms with Crippen molar-refractivity contribution in [1.82, 2.24) is 14.2 Å². The number of carbonyl (C=O) groups excluding carboxylic acids is 1. The zero-order valence-electron chi connectivity index (χ0n) is 16.4. The zero-order chi connectivity index (χ0) is 20.4. The molecule has 0 unspecified atom stereocenters. The summed E-state index contributed by atoms with van der Waals surface area (Å²) in [6, 6.07) is 4.40. The average Bonchev–Trinajstić information content (AvgIpc) is 2.64. The molecule has 27 heavy (non-hydrogen) atoms. The van der Waals surface area contributed by atoms with Crippen molar-refractivity contribution in [3.63, 3.8) is 0 Å². The molecule has 0 aliphatic heterocycles. The lowest BCUT2D eigenvalue weighted by molar-refractivity contribution is 0.0937. The number of nitrogens with one attached hydrogen (secondary N) is 1. The van der Waals surface area contributed by atoms with Crippen LogP contribution < -0.4 is 10.7 Å². The number of nitrogens with zero attached hydrogens (tertiary/aromatic N) is 2. The number of hydrogen-bond acceptors (Lipinski definition) is 4. The van der Waals surface area contributed by atoms with Gasteiger partial charge in [-0.25, -0.2) is 8.42 Å². The number of carbonyl (C=O) groups is 1. The maximum atomic E-state index is 12.9. The molecule has 2 aromatic rings. The van der Waals surface area contributed by atoms with Gasteiger partial charge in [0.1, 0.15) is 5.56 Å². The lowest BCUT2D eigenvalue weighted by Crippen LogP contribution is -2.35. The Morgan fingerprint density at radius 3 is 2.41 bits per heavy atom. The minimum atomic E-state index is -3.69. The highest BCUT2D eigenvalue weighted by molar-refractivity contribution is 7.89. The van der Waals surface area contributed by atoms with E-state index in [0.29, 0.717) is 18.6 Å². The highest BCUT2D eigenvalue weighted by Gasteiger charge is 2.23. The van der Waals surface area contributed by atoms with Gasteiger partial charge in [-0.3, -0.25) is 9.59 Å². The van der Waals surface area contributed by atoms with Gasteiger partial charge in [0.15, 0.2) is 0 Å². The van der Waals surface area contributed by atoms with Crippen molar-refractivity contribution in [2.45, 2.75) is 45.1 Å². The molecule has 1 atom stereocenters. The second-order valence-corrected chi connectivity index (χ2v) is 8.47. The molecule has 7 nitrogen and oxygen atoms in total. The standard InChI is InChI=1S/C19H27N3O4S/c1-6-13(4)20-19(24)16-12-21(5)17-10-9-14(11-15(17)18(16)23)27(25,26)22(7-2)8-3/h9-13H,6-8H2,1-5H3,(H,20,24)/t13-/m1/s1. The van der Waals surface area contributed by atoms with Crippen molar-refractivity contribution in [3.05, 3.63) is 40.2 Å². The van der Waals surface area contributed by atoms with Gasteiger partial charge in [0.25, 0.3) is 5.91 Å². The minimum Gasteiger partial charge on any atom is -0.350 e. The molecule has 1 amide bonds. The SMILES string of the molecule is CC[C@@H](C)NC(=O)c1cn(C)c2ccc(S(=O)(=O)N(CC)CC)cc2c1=O.